The summed E-state index contributed by atoms with van der Waals surface area (Å²) < 4.78 is 14.1. The summed E-state index contributed by atoms with van der Waals surface area (Å²) in [7, 11) is 0. The summed E-state index contributed by atoms with van der Waals surface area (Å²) in [5, 5.41) is 4.33. The van der Waals surface area contributed by atoms with Crippen LogP contribution in [0.1, 0.15) is 22.3 Å². The smallest absolute Gasteiger partial charge is 0.159 e. The number of hydrogen-bond acceptors (Lipinski definition) is 4. The first kappa shape index (κ1) is 48.2. The van der Waals surface area contributed by atoms with Crippen LogP contribution in [0.3, 0.4) is 0 Å². The van der Waals surface area contributed by atoms with Gasteiger partial charge in [-0.1, -0.05) is 194 Å². The fourth-order valence-corrected chi connectivity index (χ4v) is 12.3. The van der Waals surface area contributed by atoms with Crippen molar-refractivity contribution >= 4 is 78.0 Å². The number of fused-ring (bicyclic) bond motifs is 6. The van der Waals surface area contributed by atoms with Gasteiger partial charge in [-0.15, -0.1) is 0 Å². The number of rotatable bonds is 11. The van der Waals surface area contributed by atoms with Crippen LogP contribution in [0.4, 0.5) is 34.1 Å². The van der Waals surface area contributed by atoms with E-state index in [1.807, 2.05) is 0 Å². The minimum Gasteiger partial charge on any atom is -0.454 e. The third-order valence-electron chi connectivity index (χ3n) is 15.9. The first-order chi connectivity index (χ1) is 39.3. The van der Waals surface area contributed by atoms with Gasteiger partial charge in [0, 0.05) is 32.7 Å². The van der Waals surface area contributed by atoms with Gasteiger partial charge >= 0.3 is 0 Å². The largest absolute Gasteiger partial charge is 0.454 e. The van der Waals surface area contributed by atoms with Crippen molar-refractivity contribution < 1.29 is 8.83 Å². The molecule has 0 atom stereocenters. The molecule has 0 spiro atoms. The third kappa shape index (κ3) is 8.41. The normalized spacial score (nSPS) is 11.5. The molecule has 0 aliphatic rings. The minimum absolute atomic E-state index is 0.842. The monoisotopic (exact) mass is 1030 g/mol. The van der Waals surface area contributed by atoms with E-state index in [2.05, 4.69) is 304 Å². The van der Waals surface area contributed by atoms with E-state index in [0.29, 0.717) is 0 Å². The summed E-state index contributed by atoms with van der Waals surface area (Å²) >= 11 is 0. The van der Waals surface area contributed by atoms with Crippen LogP contribution in [0.25, 0.3) is 99.5 Å². The Morgan fingerprint density at radius 1 is 0.237 bits per heavy atom. The maximum Gasteiger partial charge on any atom is 0.159 e. The van der Waals surface area contributed by atoms with Crippen molar-refractivity contribution in [2.45, 2.75) is 27.7 Å². The summed E-state index contributed by atoms with van der Waals surface area (Å²) in [5.74, 6) is 0. The molecule has 0 aliphatic heterocycles. The lowest BCUT2D eigenvalue weighted by atomic mass is 9.93. The highest BCUT2D eigenvalue weighted by Crippen LogP contribution is 2.51. The van der Waals surface area contributed by atoms with Crippen molar-refractivity contribution in [2.75, 3.05) is 9.80 Å². The summed E-state index contributed by atoms with van der Waals surface area (Å²) in [6.07, 6.45) is 0. The topological polar surface area (TPSA) is 32.8 Å². The Balaban J connectivity index is 0.923. The van der Waals surface area contributed by atoms with Crippen LogP contribution in [0.2, 0.25) is 0 Å². The van der Waals surface area contributed by atoms with Crippen molar-refractivity contribution in [1.82, 2.24) is 0 Å². The maximum atomic E-state index is 7.05. The molecule has 14 rings (SSSR count). The first-order valence-electron chi connectivity index (χ1n) is 27.5. The van der Waals surface area contributed by atoms with Crippen molar-refractivity contribution in [1.29, 1.82) is 0 Å². The van der Waals surface area contributed by atoms with Crippen LogP contribution >= 0.6 is 0 Å². The zero-order valence-electron chi connectivity index (χ0n) is 45.1. The second-order valence-corrected chi connectivity index (χ2v) is 21.0. The van der Waals surface area contributed by atoms with Gasteiger partial charge in [-0.3, -0.25) is 0 Å². The standard InChI is InChI=1S/C76H56N2O2/c1-49-43-59(44-50(2)73(49)77(67-35-19-17-31-61(67)55-27-13-7-14-28-55)69-37-21-33-65-63-41-39-57(47-71(63)79-75(65)69)53-23-9-5-10-24-53)60-45-51(3)74(52(4)46-60)78(68-36-20-18-32-62(68)56-29-15-8-16-30-56)70-38-22-34-66-64-42-40-58(48-72(64)80-76(66)70)54-25-11-6-12-26-54/h5-48H,1-4H3. The lowest BCUT2D eigenvalue weighted by Crippen LogP contribution is -2.15. The van der Waals surface area contributed by atoms with E-state index in [9.17, 15) is 0 Å². The summed E-state index contributed by atoms with van der Waals surface area (Å²) in [6, 6.07) is 95.7. The van der Waals surface area contributed by atoms with Crippen LogP contribution in [0.15, 0.2) is 276 Å². The van der Waals surface area contributed by atoms with Crippen molar-refractivity contribution in [3.05, 3.63) is 289 Å². The molecule has 0 amide bonds. The summed E-state index contributed by atoms with van der Waals surface area (Å²) in [6.45, 7) is 9.01. The predicted molar refractivity (Wildman–Crippen MR) is 336 cm³/mol. The molecule has 0 bridgehead atoms. The number of furan rings is 2. The van der Waals surface area contributed by atoms with Gasteiger partial charge in [0.15, 0.2) is 11.2 Å². The van der Waals surface area contributed by atoms with Crippen LogP contribution in [0, 0.1) is 27.7 Å². The molecule has 0 N–H and O–H groups in total. The number of hydrogen-bond donors (Lipinski definition) is 0. The Labute approximate surface area is 466 Å². The Bertz CT molecular complexity index is 4290. The van der Waals surface area contributed by atoms with E-state index < -0.39 is 0 Å². The van der Waals surface area contributed by atoms with Gasteiger partial charge in [0.1, 0.15) is 11.2 Å². The fraction of sp³-hybridized carbons (Fsp3) is 0.0526. The molecule has 0 radical (unpaired) electrons. The molecule has 4 heteroatoms. The minimum atomic E-state index is 0.842. The molecule has 12 aromatic carbocycles. The predicted octanol–water partition coefficient (Wildman–Crippen LogP) is 22.0. The van der Waals surface area contributed by atoms with Gasteiger partial charge < -0.3 is 18.6 Å². The number of para-hydroxylation sites is 4. The Hall–Kier alpha value is -10.2. The lowest BCUT2D eigenvalue weighted by molar-refractivity contribution is 0.669. The van der Waals surface area contributed by atoms with Gasteiger partial charge in [-0.25, -0.2) is 0 Å². The molecule has 0 unspecified atom stereocenters. The molecule has 0 saturated heterocycles. The van der Waals surface area contributed by atoms with Crippen LogP contribution in [0.5, 0.6) is 0 Å². The average Bonchev–Trinajstić information content (AvgIpc) is 4.24. The van der Waals surface area contributed by atoms with Crippen LogP contribution in [-0.2, 0) is 0 Å². The SMILES string of the molecule is Cc1cc(-c2cc(C)c(N(c3ccccc3-c3ccccc3)c3cccc4c3oc3cc(-c5ccccc5)ccc34)c(C)c2)cc(C)c1N(c1ccccc1-c1ccccc1)c1cccc2c1oc1cc(-c3ccccc3)ccc12. The molecule has 2 heterocycles. The van der Waals surface area contributed by atoms with Gasteiger partial charge in [0.05, 0.1) is 34.1 Å². The van der Waals surface area contributed by atoms with Crippen molar-refractivity contribution in [2.24, 2.45) is 0 Å². The van der Waals surface area contributed by atoms with E-state index >= 15 is 0 Å². The summed E-state index contributed by atoms with van der Waals surface area (Å²) in [5.41, 5.74) is 25.7. The fourth-order valence-electron chi connectivity index (χ4n) is 12.3. The molecular formula is C76H56N2O2. The van der Waals surface area contributed by atoms with E-state index in [0.717, 1.165) is 156 Å². The molecule has 0 fully saturated rings. The van der Waals surface area contributed by atoms with Crippen molar-refractivity contribution in [3.8, 4) is 55.6 Å². The highest BCUT2D eigenvalue weighted by Gasteiger charge is 2.28. The Morgan fingerprint density at radius 2 is 0.562 bits per heavy atom. The number of benzene rings is 12. The lowest BCUT2D eigenvalue weighted by Gasteiger charge is -2.32. The highest BCUT2D eigenvalue weighted by atomic mass is 16.3. The summed E-state index contributed by atoms with van der Waals surface area (Å²) in [4.78, 5) is 4.87. The zero-order valence-corrected chi connectivity index (χ0v) is 45.1. The maximum absolute atomic E-state index is 7.05. The van der Waals surface area contributed by atoms with E-state index in [4.69, 9.17) is 8.83 Å². The Morgan fingerprint density at radius 3 is 0.938 bits per heavy atom. The highest BCUT2D eigenvalue weighted by molar-refractivity contribution is 6.13. The number of nitrogens with zero attached hydrogens (tertiary/aromatic N) is 2. The van der Waals surface area contributed by atoms with Crippen LogP contribution in [-0.4, -0.2) is 0 Å². The van der Waals surface area contributed by atoms with Gasteiger partial charge in [0.2, 0.25) is 0 Å². The average molecular weight is 1030 g/mol. The molecule has 4 nitrogen and oxygen atoms in total. The first-order valence-corrected chi connectivity index (χ1v) is 27.5. The van der Waals surface area contributed by atoms with Gasteiger partial charge in [-0.2, -0.15) is 0 Å². The number of anilines is 6. The Kier molecular flexibility index (Phi) is 12.1. The molecule has 382 valence electrons. The van der Waals surface area contributed by atoms with Crippen molar-refractivity contribution in [3.63, 3.8) is 0 Å². The number of aryl methyl sites for hydroxylation is 4. The second kappa shape index (κ2) is 20.0. The van der Waals surface area contributed by atoms with E-state index in [-0.39, 0.29) is 0 Å². The third-order valence-corrected chi connectivity index (χ3v) is 15.9. The second-order valence-electron chi connectivity index (χ2n) is 21.0. The van der Waals surface area contributed by atoms with E-state index in [1.165, 1.54) is 0 Å². The van der Waals surface area contributed by atoms with E-state index in [1.54, 1.807) is 0 Å². The molecule has 0 saturated carbocycles. The molecular weight excluding hydrogens is 973 g/mol. The van der Waals surface area contributed by atoms with Gasteiger partial charge in [0.25, 0.3) is 0 Å². The quantitative estimate of drug-likeness (QED) is 0.129. The molecule has 2 aromatic heterocycles. The molecule has 0 aliphatic carbocycles. The van der Waals surface area contributed by atoms with Gasteiger partial charge in [-0.05, 0) is 167 Å². The zero-order chi connectivity index (χ0) is 53.8. The molecule has 80 heavy (non-hydrogen) atoms. The van der Waals surface area contributed by atoms with Crippen LogP contribution < -0.4 is 9.80 Å². The molecule has 14 aromatic rings.